The maximum absolute atomic E-state index is 5.91. The van der Waals surface area contributed by atoms with Crippen molar-refractivity contribution in [3.8, 4) is 0 Å². The number of rotatable bonds is 0. The summed E-state index contributed by atoms with van der Waals surface area (Å²) in [6.45, 7) is 33.5. The molecule has 10 aliphatic rings. The third-order valence-electron chi connectivity index (χ3n) is 18.5. The minimum absolute atomic E-state index is 0.411. The molecule has 5 aromatic carbocycles. The molecule has 9 aliphatic carbocycles. The van der Waals surface area contributed by atoms with Gasteiger partial charge in [-0.3, -0.25) is 0 Å². The quantitative estimate of drug-likeness (QED) is 0.150. The van der Waals surface area contributed by atoms with E-state index in [1.165, 1.54) is 152 Å². The molecule has 84 heavy (non-hydrogen) atoms. The molecule has 1 heteroatoms. The van der Waals surface area contributed by atoms with Crippen LogP contribution in [-0.4, -0.2) is 6.61 Å². The lowest BCUT2D eigenvalue weighted by molar-refractivity contribution is -0.0362. The average molecular weight is 1140 g/mol. The van der Waals surface area contributed by atoms with Crippen LogP contribution in [0.15, 0.2) is 121 Å². The van der Waals surface area contributed by atoms with Crippen LogP contribution in [0.25, 0.3) is 0 Å². The monoisotopic (exact) mass is 1140 g/mol. The first-order valence-corrected chi connectivity index (χ1v) is 35.4. The molecule has 0 spiro atoms. The molecule has 15 rings (SSSR count). The molecule has 10 atom stereocenters. The summed E-state index contributed by atoms with van der Waals surface area (Å²) >= 11 is 0. The fourth-order valence-electron chi connectivity index (χ4n) is 15.3. The standard InChI is InChI=1S/2C14H18.C13H16O.2C11H12.5C4H10/c2*1-3-7-13-11(5-1)9-10-12-6-2-4-8-14(12)13;1-2-6-12-10(4-1)7-8-11-5-3-9-14-13(11)12;2*1-2-4-11-9-6-5-8(7-9)10(11)3-1;5*1-4(2)3/h2*1,3,5,7,12,14H,2,4,6,8-10H2;1-2,4,6,11,13H,3,5,7-9H2;2*1-4,8-9H,5-7H2;5*4H,1-3H3. The molecular weight excluding hydrogens is 1010 g/mol. The lowest BCUT2D eigenvalue weighted by atomic mass is 9.68. The highest BCUT2D eigenvalue weighted by Gasteiger charge is 2.38. The van der Waals surface area contributed by atoms with Gasteiger partial charge in [-0.1, -0.05) is 251 Å². The Morgan fingerprint density at radius 3 is 0.881 bits per heavy atom. The maximum atomic E-state index is 5.91. The van der Waals surface area contributed by atoms with Gasteiger partial charge in [0.25, 0.3) is 0 Å². The lowest BCUT2D eigenvalue weighted by Crippen LogP contribution is -2.27. The average Bonchev–Trinajstić information content (AvgIpc) is 3.27. The van der Waals surface area contributed by atoms with Crippen molar-refractivity contribution in [1.82, 2.24) is 0 Å². The normalized spacial score (nSPS) is 25.9. The van der Waals surface area contributed by atoms with Gasteiger partial charge in [0.05, 0.1) is 6.10 Å². The van der Waals surface area contributed by atoms with Crippen LogP contribution in [0.2, 0.25) is 0 Å². The molecule has 0 aromatic heterocycles. The summed E-state index contributed by atoms with van der Waals surface area (Å²) in [6, 6.07) is 45.0. The highest BCUT2D eigenvalue weighted by Crippen LogP contribution is 2.54. The second kappa shape index (κ2) is 36.4. The summed E-state index contributed by atoms with van der Waals surface area (Å²) in [5.74, 6) is 12.5. The van der Waals surface area contributed by atoms with Crippen LogP contribution in [0.1, 0.15) is 323 Å². The minimum atomic E-state index is 0.411. The molecule has 464 valence electrons. The topological polar surface area (TPSA) is 9.23 Å². The second-order valence-corrected chi connectivity index (χ2v) is 30.5. The van der Waals surface area contributed by atoms with Crippen LogP contribution in [-0.2, 0) is 24.0 Å². The summed E-state index contributed by atoms with van der Waals surface area (Å²) in [5, 5.41) is 0. The maximum Gasteiger partial charge on any atom is 0.0855 e. The van der Waals surface area contributed by atoms with Crippen LogP contribution >= 0.6 is 0 Å². The zero-order valence-corrected chi connectivity index (χ0v) is 56.9. The van der Waals surface area contributed by atoms with Gasteiger partial charge in [-0.25, -0.2) is 0 Å². The number of fused-ring (bicyclic) bond motifs is 19. The summed E-state index contributed by atoms with van der Waals surface area (Å²) < 4.78 is 5.91. The van der Waals surface area contributed by atoms with E-state index >= 15 is 0 Å². The number of aryl methyl sites for hydroxylation is 3. The first kappa shape index (κ1) is 69.2. The highest BCUT2D eigenvalue weighted by molar-refractivity contribution is 5.42. The molecule has 0 radical (unpaired) electrons. The van der Waals surface area contributed by atoms with E-state index in [-0.39, 0.29) is 0 Å². The SMILES string of the molecule is CC(C)C.CC(C)C.CC(C)C.CC(C)C.CC(C)C.c1ccc2c(c1)C1CCC2C1.c1ccc2c(c1)C1CCC2C1.c1ccc2c(c1)CCC1CCCCC21.c1ccc2c(c1)CCC1CCCCC21.c1ccc2c(c1)CCC1CCCOC21. The zero-order chi connectivity index (χ0) is 60.5. The zero-order valence-electron chi connectivity index (χ0n) is 56.9. The third-order valence-corrected chi connectivity index (χ3v) is 18.5. The van der Waals surface area contributed by atoms with Crippen molar-refractivity contribution in [3.05, 3.63) is 177 Å². The lowest BCUT2D eigenvalue weighted by Gasteiger charge is -2.37. The van der Waals surface area contributed by atoms with Crippen molar-refractivity contribution >= 4 is 0 Å². The molecule has 10 unspecified atom stereocenters. The fraction of sp³-hybridized carbons (Fsp3) is 0.639. The summed E-state index contributed by atoms with van der Waals surface area (Å²) in [5.41, 5.74) is 16.2. The first-order chi connectivity index (χ1) is 40.4. The van der Waals surface area contributed by atoms with E-state index in [4.69, 9.17) is 4.74 Å². The molecule has 0 amide bonds. The summed E-state index contributed by atoms with van der Waals surface area (Å²) in [7, 11) is 0. The fourth-order valence-corrected chi connectivity index (χ4v) is 15.3. The van der Waals surface area contributed by atoms with Gasteiger partial charge in [0, 0.05) is 6.61 Å². The van der Waals surface area contributed by atoms with Gasteiger partial charge in [-0.2, -0.15) is 0 Å². The van der Waals surface area contributed by atoms with Crippen LogP contribution in [0.4, 0.5) is 0 Å². The summed E-state index contributed by atoms with van der Waals surface area (Å²) in [6.07, 6.45) is 31.5. The van der Waals surface area contributed by atoms with Crippen molar-refractivity contribution in [2.75, 3.05) is 6.61 Å². The van der Waals surface area contributed by atoms with E-state index < -0.39 is 0 Å². The number of ether oxygens (including phenoxy) is 1. The predicted molar refractivity (Wildman–Crippen MR) is 369 cm³/mol. The Balaban J connectivity index is 0.000000156. The van der Waals surface area contributed by atoms with E-state index in [1.54, 1.807) is 44.5 Å². The van der Waals surface area contributed by atoms with Crippen molar-refractivity contribution < 1.29 is 4.74 Å². The largest absolute Gasteiger partial charge is 0.373 e. The number of hydrogen-bond donors (Lipinski definition) is 0. The van der Waals surface area contributed by atoms with E-state index in [9.17, 15) is 0 Å². The van der Waals surface area contributed by atoms with Crippen LogP contribution < -0.4 is 0 Å². The Hall–Kier alpha value is -3.94. The van der Waals surface area contributed by atoms with Crippen molar-refractivity contribution in [3.63, 3.8) is 0 Å². The van der Waals surface area contributed by atoms with Gasteiger partial charge in [-0.05, 0) is 254 Å². The Kier molecular flexibility index (Phi) is 30.0. The van der Waals surface area contributed by atoms with Crippen molar-refractivity contribution in [2.45, 2.75) is 287 Å². The van der Waals surface area contributed by atoms with Gasteiger partial charge in [0.15, 0.2) is 0 Å². The van der Waals surface area contributed by atoms with Crippen LogP contribution in [0, 0.1) is 47.3 Å². The molecule has 0 N–H and O–H groups in total. The molecule has 1 aliphatic heterocycles. The van der Waals surface area contributed by atoms with E-state index in [0.29, 0.717) is 6.10 Å². The van der Waals surface area contributed by atoms with Crippen LogP contribution in [0.5, 0.6) is 0 Å². The smallest absolute Gasteiger partial charge is 0.0855 e. The van der Waals surface area contributed by atoms with Gasteiger partial charge >= 0.3 is 0 Å². The molecule has 5 fully saturated rings. The molecule has 5 aromatic rings. The molecule has 4 saturated carbocycles. The van der Waals surface area contributed by atoms with Gasteiger partial charge < -0.3 is 4.74 Å². The predicted octanol–water partition coefficient (Wildman–Crippen LogP) is 25.3. The molecular formula is C83H126O. The van der Waals surface area contributed by atoms with Gasteiger partial charge in [0.2, 0.25) is 0 Å². The molecule has 4 bridgehead atoms. The van der Waals surface area contributed by atoms with Crippen molar-refractivity contribution in [2.24, 2.45) is 47.3 Å². The van der Waals surface area contributed by atoms with Crippen LogP contribution in [0.3, 0.4) is 0 Å². The Morgan fingerprint density at radius 1 is 0.274 bits per heavy atom. The highest BCUT2D eigenvalue weighted by atomic mass is 16.5. The molecule has 1 nitrogen and oxygen atoms in total. The van der Waals surface area contributed by atoms with Crippen molar-refractivity contribution in [1.29, 1.82) is 0 Å². The molecule has 1 saturated heterocycles. The number of benzene rings is 5. The Bertz CT molecular complexity index is 2250. The number of hydrogen-bond acceptors (Lipinski definition) is 1. The third kappa shape index (κ3) is 22.0. The Morgan fingerprint density at radius 2 is 0.536 bits per heavy atom. The minimum Gasteiger partial charge on any atom is -0.373 e. The second-order valence-electron chi connectivity index (χ2n) is 30.5. The molecule has 1 heterocycles. The van der Waals surface area contributed by atoms with E-state index in [0.717, 1.165) is 89.5 Å². The summed E-state index contributed by atoms with van der Waals surface area (Å²) in [4.78, 5) is 0. The Labute approximate surface area is 519 Å². The van der Waals surface area contributed by atoms with Gasteiger partial charge in [0.1, 0.15) is 0 Å². The first-order valence-electron chi connectivity index (χ1n) is 35.4. The van der Waals surface area contributed by atoms with E-state index in [2.05, 4.69) is 225 Å². The van der Waals surface area contributed by atoms with Gasteiger partial charge in [-0.15, -0.1) is 0 Å². The van der Waals surface area contributed by atoms with E-state index in [1.807, 2.05) is 0 Å².